The van der Waals surface area contributed by atoms with Crippen molar-refractivity contribution < 1.29 is 19.5 Å². The average molecular weight is 369 g/mol. The zero-order valence-electron chi connectivity index (χ0n) is 14.6. The van der Waals surface area contributed by atoms with Crippen LogP contribution in [0.4, 0.5) is 0 Å². The number of aromatic amines is 1. The van der Waals surface area contributed by atoms with Crippen LogP contribution in [0.15, 0.2) is 47.4 Å². The molecule has 0 unspecified atom stereocenters. The van der Waals surface area contributed by atoms with Gasteiger partial charge in [-0.05, 0) is 17.7 Å². The van der Waals surface area contributed by atoms with Crippen molar-refractivity contribution >= 4 is 17.8 Å². The van der Waals surface area contributed by atoms with Crippen molar-refractivity contribution in [2.75, 3.05) is 26.2 Å². The topological polar surface area (TPSA) is 111 Å². The molecule has 1 saturated heterocycles. The summed E-state index contributed by atoms with van der Waals surface area (Å²) in [5.41, 5.74) is 0.716. The van der Waals surface area contributed by atoms with Gasteiger partial charge in [0.1, 0.15) is 0 Å². The van der Waals surface area contributed by atoms with Crippen molar-refractivity contribution in [1.82, 2.24) is 14.8 Å². The predicted octanol–water partition coefficient (Wildman–Crippen LogP) is 0.600. The Labute approximate surface area is 155 Å². The van der Waals surface area contributed by atoms with E-state index in [2.05, 4.69) is 4.98 Å². The van der Waals surface area contributed by atoms with Crippen molar-refractivity contribution in [3.05, 3.63) is 69.6 Å². The Bertz CT molecular complexity index is 908. The van der Waals surface area contributed by atoms with Gasteiger partial charge in [-0.1, -0.05) is 18.2 Å². The number of nitrogens with zero attached hydrogens (tertiary/aromatic N) is 2. The zero-order valence-corrected chi connectivity index (χ0v) is 14.6. The summed E-state index contributed by atoms with van der Waals surface area (Å²) in [6, 6.07) is 9.21. The number of hydrogen-bond acceptors (Lipinski definition) is 4. The lowest BCUT2D eigenvalue weighted by atomic mass is 10.0. The third kappa shape index (κ3) is 4.22. The molecule has 1 fully saturated rings. The lowest BCUT2D eigenvalue weighted by Gasteiger charge is -2.35. The maximum atomic E-state index is 12.5. The minimum atomic E-state index is -1.06. The second kappa shape index (κ2) is 7.86. The number of amides is 2. The van der Waals surface area contributed by atoms with Crippen LogP contribution in [0.1, 0.15) is 26.3 Å². The monoisotopic (exact) mass is 369 g/mol. The fraction of sp³-hybridized carbons (Fsp3) is 0.263. The molecule has 2 amide bonds. The van der Waals surface area contributed by atoms with Crippen molar-refractivity contribution in [2.24, 2.45) is 0 Å². The third-order valence-electron chi connectivity index (χ3n) is 4.54. The first-order valence-corrected chi connectivity index (χ1v) is 8.52. The third-order valence-corrected chi connectivity index (χ3v) is 4.54. The molecule has 1 aromatic carbocycles. The molecule has 3 rings (SSSR count). The van der Waals surface area contributed by atoms with Crippen LogP contribution in [0.5, 0.6) is 0 Å². The quantitative estimate of drug-likeness (QED) is 0.820. The first-order chi connectivity index (χ1) is 13.0. The summed E-state index contributed by atoms with van der Waals surface area (Å²) < 4.78 is 0. The smallest absolute Gasteiger partial charge is 0.335 e. The fourth-order valence-electron chi connectivity index (χ4n) is 3.04. The van der Waals surface area contributed by atoms with E-state index in [1.54, 1.807) is 28.0 Å². The lowest BCUT2D eigenvalue weighted by molar-refractivity contribution is -0.131. The highest BCUT2D eigenvalue weighted by molar-refractivity contribution is 5.94. The number of H-pyrrole nitrogens is 1. The Kier molecular flexibility index (Phi) is 5.35. The second-order valence-electron chi connectivity index (χ2n) is 6.25. The Morgan fingerprint density at radius 2 is 1.63 bits per heavy atom. The SMILES string of the molecule is O=C(O)c1ccccc1CC(=O)N1CCN(C(=O)c2ccc(=O)[nH]c2)CC1. The van der Waals surface area contributed by atoms with Crippen molar-refractivity contribution in [2.45, 2.75) is 6.42 Å². The molecule has 1 aromatic heterocycles. The number of aromatic carboxylic acids is 1. The number of aromatic nitrogens is 1. The van der Waals surface area contributed by atoms with E-state index in [-0.39, 0.29) is 29.4 Å². The Hall–Kier alpha value is -3.42. The van der Waals surface area contributed by atoms with Crippen LogP contribution in [0.3, 0.4) is 0 Å². The van der Waals surface area contributed by atoms with Crippen LogP contribution in [0.2, 0.25) is 0 Å². The van der Waals surface area contributed by atoms with Gasteiger partial charge in [0.2, 0.25) is 11.5 Å². The number of carbonyl (C=O) groups excluding carboxylic acids is 2. The molecule has 0 radical (unpaired) electrons. The zero-order chi connectivity index (χ0) is 19.4. The second-order valence-corrected chi connectivity index (χ2v) is 6.25. The predicted molar refractivity (Wildman–Crippen MR) is 96.7 cm³/mol. The van der Waals surface area contributed by atoms with E-state index in [9.17, 15) is 24.3 Å². The van der Waals surface area contributed by atoms with Crippen LogP contribution in [0.25, 0.3) is 0 Å². The Morgan fingerprint density at radius 3 is 2.26 bits per heavy atom. The summed E-state index contributed by atoms with van der Waals surface area (Å²) >= 11 is 0. The molecule has 2 N–H and O–H groups in total. The molecule has 1 aliphatic heterocycles. The maximum Gasteiger partial charge on any atom is 0.335 e. The molecule has 0 aliphatic carbocycles. The van der Waals surface area contributed by atoms with E-state index < -0.39 is 5.97 Å². The number of hydrogen-bond donors (Lipinski definition) is 2. The van der Waals surface area contributed by atoms with E-state index in [1.807, 2.05) is 0 Å². The van der Waals surface area contributed by atoms with Gasteiger partial charge in [0, 0.05) is 38.4 Å². The summed E-state index contributed by atoms with van der Waals surface area (Å²) in [7, 11) is 0. The molecule has 2 aromatic rings. The van der Waals surface area contributed by atoms with E-state index in [0.29, 0.717) is 37.3 Å². The molecule has 0 spiro atoms. The van der Waals surface area contributed by atoms with E-state index >= 15 is 0 Å². The minimum absolute atomic E-state index is 0.0103. The minimum Gasteiger partial charge on any atom is -0.478 e. The molecular weight excluding hydrogens is 350 g/mol. The molecule has 2 heterocycles. The van der Waals surface area contributed by atoms with Gasteiger partial charge < -0.3 is 19.9 Å². The van der Waals surface area contributed by atoms with Crippen LogP contribution >= 0.6 is 0 Å². The summed E-state index contributed by atoms with van der Waals surface area (Å²) in [4.78, 5) is 53.0. The highest BCUT2D eigenvalue weighted by Gasteiger charge is 2.25. The van der Waals surface area contributed by atoms with E-state index in [0.717, 1.165) is 0 Å². The fourth-order valence-corrected chi connectivity index (χ4v) is 3.04. The van der Waals surface area contributed by atoms with Gasteiger partial charge in [-0.15, -0.1) is 0 Å². The van der Waals surface area contributed by atoms with Gasteiger partial charge in [-0.25, -0.2) is 4.79 Å². The standard InChI is InChI=1S/C19H19N3O5/c23-16-6-5-14(12-20-16)18(25)22-9-7-21(8-10-22)17(24)11-13-3-1-2-4-15(13)19(26)27/h1-6,12H,7-11H2,(H,20,23)(H,26,27). The molecule has 27 heavy (non-hydrogen) atoms. The number of nitrogens with one attached hydrogen (secondary N) is 1. The van der Waals surface area contributed by atoms with Crippen LogP contribution in [-0.2, 0) is 11.2 Å². The molecule has 0 saturated carbocycles. The van der Waals surface area contributed by atoms with Gasteiger partial charge >= 0.3 is 5.97 Å². The number of piperazine rings is 1. The Balaban J connectivity index is 1.60. The molecule has 0 bridgehead atoms. The molecule has 8 heteroatoms. The number of benzene rings is 1. The summed E-state index contributed by atoms with van der Waals surface area (Å²) in [6.07, 6.45) is 1.39. The summed E-state index contributed by atoms with van der Waals surface area (Å²) in [5, 5.41) is 9.22. The average Bonchev–Trinajstić information content (AvgIpc) is 2.68. The highest BCUT2D eigenvalue weighted by atomic mass is 16.4. The van der Waals surface area contributed by atoms with Crippen LogP contribution < -0.4 is 5.56 Å². The summed E-state index contributed by atoms with van der Waals surface area (Å²) in [5.74, 6) is -1.43. The summed E-state index contributed by atoms with van der Waals surface area (Å²) in [6.45, 7) is 1.51. The normalized spacial score (nSPS) is 14.1. The van der Waals surface area contributed by atoms with Crippen molar-refractivity contribution in [3.8, 4) is 0 Å². The molecule has 140 valence electrons. The largest absolute Gasteiger partial charge is 0.478 e. The van der Waals surface area contributed by atoms with Gasteiger partial charge in [-0.2, -0.15) is 0 Å². The number of rotatable bonds is 4. The van der Waals surface area contributed by atoms with Gasteiger partial charge in [0.15, 0.2) is 0 Å². The number of carboxylic acid groups (broad SMARTS) is 1. The number of carbonyl (C=O) groups is 3. The molecule has 1 aliphatic rings. The lowest BCUT2D eigenvalue weighted by Crippen LogP contribution is -2.51. The van der Waals surface area contributed by atoms with Crippen molar-refractivity contribution in [3.63, 3.8) is 0 Å². The first kappa shape index (κ1) is 18.4. The molecule has 8 nitrogen and oxygen atoms in total. The maximum absolute atomic E-state index is 12.5. The van der Waals surface area contributed by atoms with E-state index in [4.69, 9.17) is 0 Å². The molecular formula is C19H19N3O5. The number of pyridine rings is 1. The van der Waals surface area contributed by atoms with Gasteiger partial charge in [0.25, 0.3) is 5.91 Å². The number of carboxylic acids is 1. The van der Waals surface area contributed by atoms with Crippen LogP contribution in [0, 0.1) is 0 Å². The Morgan fingerprint density at radius 1 is 0.963 bits per heavy atom. The highest BCUT2D eigenvalue weighted by Crippen LogP contribution is 2.13. The van der Waals surface area contributed by atoms with Crippen LogP contribution in [-0.4, -0.2) is 63.9 Å². The van der Waals surface area contributed by atoms with Gasteiger partial charge in [-0.3, -0.25) is 14.4 Å². The first-order valence-electron chi connectivity index (χ1n) is 8.52. The van der Waals surface area contributed by atoms with Gasteiger partial charge in [0.05, 0.1) is 17.5 Å². The van der Waals surface area contributed by atoms with E-state index in [1.165, 1.54) is 24.4 Å². The van der Waals surface area contributed by atoms with Crippen molar-refractivity contribution in [1.29, 1.82) is 0 Å². The molecule has 0 atom stereocenters.